The Morgan fingerprint density at radius 3 is 1.86 bits per heavy atom. The number of rotatable bonds is 1. The Kier molecular flexibility index (Phi) is 1.62. The highest BCUT2D eigenvalue weighted by atomic mass is 16.4. The van der Waals surface area contributed by atoms with Crippen molar-refractivity contribution in [2.24, 2.45) is 17.8 Å². The Hall–Kier alpha value is -0.730. The van der Waals surface area contributed by atoms with Gasteiger partial charge in [0.15, 0.2) is 0 Å². The summed E-state index contributed by atoms with van der Waals surface area (Å²) in [4.78, 5) is 10.8. The minimum atomic E-state index is -0.827. The fourth-order valence-electron chi connectivity index (χ4n) is 4.49. The summed E-state index contributed by atoms with van der Waals surface area (Å²) in [6, 6.07) is 0. The highest BCUT2D eigenvalue weighted by Gasteiger charge is 2.51. The molecule has 0 saturated heterocycles. The number of hydrogen-bond donors (Lipinski definition) is 2. The zero-order valence-electron chi connectivity index (χ0n) is 8.33. The van der Waals surface area contributed by atoms with Crippen LogP contribution in [0.3, 0.4) is 0 Å². The SMILES string of the molecule is O=C(O)NC12CC3CC(CC(C3)C1)C2. The average Bonchev–Trinajstić information content (AvgIpc) is 1.96. The van der Waals surface area contributed by atoms with Gasteiger partial charge in [-0.1, -0.05) is 0 Å². The zero-order chi connectivity index (χ0) is 9.76. The first-order chi connectivity index (χ1) is 6.65. The molecule has 0 radical (unpaired) electrons. The summed E-state index contributed by atoms with van der Waals surface area (Å²) < 4.78 is 0. The molecule has 4 rings (SSSR count). The maximum absolute atomic E-state index is 10.8. The molecule has 2 N–H and O–H groups in total. The standard InChI is InChI=1S/C11H17NO2/c13-10(14)12-11-4-7-1-8(5-11)3-9(2-7)6-11/h7-9,12H,1-6H2,(H,13,14). The Balaban J connectivity index is 1.83. The quantitative estimate of drug-likeness (QED) is 0.674. The fourth-order valence-corrected chi connectivity index (χ4v) is 4.49. The maximum Gasteiger partial charge on any atom is 0.405 e. The van der Waals surface area contributed by atoms with Crippen LogP contribution in [0.1, 0.15) is 38.5 Å². The summed E-state index contributed by atoms with van der Waals surface area (Å²) in [6.07, 6.45) is 6.57. The molecule has 3 heteroatoms. The van der Waals surface area contributed by atoms with Crippen molar-refractivity contribution in [3.8, 4) is 0 Å². The van der Waals surface area contributed by atoms with Gasteiger partial charge in [-0.15, -0.1) is 0 Å². The van der Waals surface area contributed by atoms with Gasteiger partial charge in [0.25, 0.3) is 0 Å². The van der Waals surface area contributed by atoms with Gasteiger partial charge in [0.05, 0.1) is 0 Å². The number of hydrogen-bond acceptors (Lipinski definition) is 1. The van der Waals surface area contributed by atoms with Crippen LogP contribution in [-0.2, 0) is 0 Å². The summed E-state index contributed by atoms with van der Waals surface area (Å²) in [5, 5.41) is 11.7. The van der Waals surface area contributed by atoms with Crippen molar-refractivity contribution in [1.82, 2.24) is 5.32 Å². The number of nitrogens with one attached hydrogen (secondary N) is 1. The second-order valence-corrected chi connectivity index (χ2v) is 5.63. The van der Waals surface area contributed by atoms with E-state index in [4.69, 9.17) is 5.11 Å². The van der Waals surface area contributed by atoms with Gasteiger partial charge in [-0.25, -0.2) is 4.79 Å². The van der Waals surface area contributed by atoms with Crippen molar-refractivity contribution in [2.75, 3.05) is 0 Å². The third-order valence-corrected chi connectivity index (χ3v) is 4.41. The summed E-state index contributed by atoms with van der Waals surface area (Å²) in [7, 11) is 0. The Bertz CT molecular complexity index is 239. The van der Waals surface area contributed by atoms with Crippen LogP contribution in [0, 0.1) is 17.8 Å². The number of amides is 1. The number of carboxylic acid groups (broad SMARTS) is 1. The summed E-state index contributed by atoms with van der Waals surface area (Å²) in [5.74, 6) is 2.44. The smallest absolute Gasteiger partial charge is 0.405 e. The predicted molar refractivity (Wildman–Crippen MR) is 52.1 cm³/mol. The first-order valence-corrected chi connectivity index (χ1v) is 5.66. The van der Waals surface area contributed by atoms with Gasteiger partial charge >= 0.3 is 6.09 Å². The fraction of sp³-hybridized carbons (Fsp3) is 0.909. The molecular formula is C11H17NO2. The topological polar surface area (TPSA) is 49.3 Å². The molecule has 4 bridgehead atoms. The normalized spacial score (nSPS) is 49.3. The van der Waals surface area contributed by atoms with E-state index in [9.17, 15) is 4.79 Å². The molecule has 14 heavy (non-hydrogen) atoms. The number of carbonyl (C=O) groups is 1. The molecule has 0 atom stereocenters. The molecule has 0 aromatic rings. The molecule has 4 fully saturated rings. The highest BCUT2D eigenvalue weighted by molar-refractivity contribution is 5.65. The van der Waals surface area contributed by atoms with E-state index in [0.717, 1.165) is 37.0 Å². The van der Waals surface area contributed by atoms with Gasteiger partial charge in [-0.05, 0) is 56.3 Å². The van der Waals surface area contributed by atoms with Crippen molar-refractivity contribution in [3.05, 3.63) is 0 Å². The molecule has 4 aliphatic carbocycles. The lowest BCUT2D eigenvalue weighted by molar-refractivity contribution is -0.0167. The molecular weight excluding hydrogens is 178 g/mol. The van der Waals surface area contributed by atoms with Gasteiger partial charge in [0.1, 0.15) is 0 Å². The molecule has 3 nitrogen and oxygen atoms in total. The van der Waals surface area contributed by atoms with Gasteiger partial charge in [-0.2, -0.15) is 0 Å². The van der Waals surface area contributed by atoms with E-state index in [1.165, 1.54) is 19.3 Å². The average molecular weight is 195 g/mol. The van der Waals surface area contributed by atoms with E-state index in [1.807, 2.05) is 0 Å². The third kappa shape index (κ3) is 1.22. The van der Waals surface area contributed by atoms with Gasteiger partial charge in [-0.3, -0.25) is 0 Å². The van der Waals surface area contributed by atoms with Gasteiger partial charge in [0, 0.05) is 5.54 Å². The first-order valence-electron chi connectivity index (χ1n) is 5.66. The molecule has 0 aliphatic heterocycles. The minimum absolute atomic E-state index is 0.0272. The lowest BCUT2D eigenvalue weighted by Gasteiger charge is -2.56. The molecule has 4 saturated carbocycles. The minimum Gasteiger partial charge on any atom is -0.465 e. The van der Waals surface area contributed by atoms with Crippen LogP contribution in [-0.4, -0.2) is 16.7 Å². The lowest BCUT2D eigenvalue weighted by atomic mass is 9.53. The molecule has 78 valence electrons. The van der Waals surface area contributed by atoms with Crippen molar-refractivity contribution >= 4 is 6.09 Å². The molecule has 0 aromatic heterocycles. The predicted octanol–water partition coefficient (Wildman–Crippen LogP) is 2.22. The van der Waals surface area contributed by atoms with Crippen molar-refractivity contribution in [1.29, 1.82) is 0 Å². The van der Waals surface area contributed by atoms with Crippen LogP contribution in [0.25, 0.3) is 0 Å². The van der Waals surface area contributed by atoms with Crippen molar-refractivity contribution in [3.63, 3.8) is 0 Å². The van der Waals surface area contributed by atoms with E-state index in [-0.39, 0.29) is 5.54 Å². The van der Waals surface area contributed by atoms with E-state index in [2.05, 4.69) is 5.32 Å². The highest BCUT2D eigenvalue weighted by Crippen LogP contribution is 2.55. The second kappa shape index (κ2) is 2.65. The molecule has 0 unspecified atom stereocenters. The Labute approximate surface area is 83.9 Å². The van der Waals surface area contributed by atoms with Crippen molar-refractivity contribution in [2.45, 2.75) is 44.1 Å². The van der Waals surface area contributed by atoms with Crippen LogP contribution in [0.5, 0.6) is 0 Å². The summed E-state index contributed by atoms with van der Waals surface area (Å²) >= 11 is 0. The van der Waals surface area contributed by atoms with Crippen molar-refractivity contribution < 1.29 is 9.90 Å². The third-order valence-electron chi connectivity index (χ3n) is 4.41. The molecule has 1 amide bonds. The zero-order valence-corrected chi connectivity index (χ0v) is 8.33. The summed E-state index contributed by atoms with van der Waals surface area (Å²) in [6.45, 7) is 0. The van der Waals surface area contributed by atoms with Gasteiger partial charge < -0.3 is 10.4 Å². The Morgan fingerprint density at radius 1 is 1.07 bits per heavy atom. The summed E-state index contributed by atoms with van der Waals surface area (Å²) in [5.41, 5.74) is -0.0272. The van der Waals surface area contributed by atoms with Crippen LogP contribution in [0.15, 0.2) is 0 Å². The molecule has 0 aromatic carbocycles. The van der Waals surface area contributed by atoms with E-state index >= 15 is 0 Å². The maximum atomic E-state index is 10.8. The first kappa shape index (κ1) is 8.57. The van der Waals surface area contributed by atoms with E-state index in [1.54, 1.807) is 0 Å². The largest absolute Gasteiger partial charge is 0.465 e. The van der Waals surface area contributed by atoms with Crippen LogP contribution in [0.2, 0.25) is 0 Å². The molecule has 0 spiro atoms. The second-order valence-electron chi connectivity index (χ2n) is 5.63. The Morgan fingerprint density at radius 2 is 1.50 bits per heavy atom. The van der Waals surface area contributed by atoms with E-state index in [0.29, 0.717) is 0 Å². The van der Waals surface area contributed by atoms with Crippen LogP contribution < -0.4 is 5.32 Å². The van der Waals surface area contributed by atoms with Crippen LogP contribution in [0.4, 0.5) is 4.79 Å². The molecule has 0 heterocycles. The lowest BCUT2D eigenvalue weighted by Crippen LogP contribution is -2.59. The van der Waals surface area contributed by atoms with Crippen LogP contribution >= 0.6 is 0 Å². The van der Waals surface area contributed by atoms with E-state index < -0.39 is 6.09 Å². The monoisotopic (exact) mass is 195 g/mol. The van der Waals surface area contributed by atoms with Gasteiger partial charge in [0.2, 0.25) is 0 Å². The molecule has 4 aliphatic rings.